The monoisotopic (exact) mass is 340 g/mol. The van der Waals surface area contributed by atoms with Crippen LogP contribution in [-0.4, -0.2) is 11.2 Å². The second-order valence-corrected chi connectivity index (χ2v) is 5.13. The normalized spacial score (nSPS) is 10.5. The second kappa shape index (κ2) is 6.56. The zero-order chi connectivity index (χ0) is 14.5. The molecule has 0 aliphatic rings. The van der Waals surface area contributed by atoms with Gasteiger partial charge in [0.05, 0.1) is 11.1 Å². The van der Waals surface area contributed by atoms with Crippen molar-refractivity contribution in [2.45, 2.75) is 13.0 Å². The standard InChI is InChI=1S/C14H14BrFN2O2/c15-12-4-3-11(8-13(12)16)20-7-1-6-18-9-10(17)2-5-14(18)19/h2-5,8-9H,1,6-7,17H2. The third-order valence-corrected chi connectivity index (χ3v) is 3.35. The van der Waals surface area contributed by atoms with E-state index in [1.165, 1.54) is 16.7 Å². The fourth-order valence-electron chi connectivity index (χ4n) is 1.72. The molecular weight excluding hydrogens is 327 g/mol. The van der Waals surface area contributed by atoms with E-state index in [1.807, 2.05) is 0 Å². The van der Waals surface area contributed by atoms with Crippen molar-refractivity contribution in [2.75, 3.05) is 12.3 Å². The zero-order valence-electron chi connectivity index (χ0n) is 10.7. The predicted molar refractivity (Wildman–Crippen MR) is 79.3 cm³/mol. The van der Waals surface area contributed by atoms with Crippen molar-refractivity contribution >= 4 is 21.6 Å². The summed E-state index contributed by atoms with van der Waals surface area (Å²) in [4.78, 5) is 11.5. The average molecular weight is 341 g/mol. The zero-order valence-corrected chi connectivity index (χ0v) is 12.3. The van der Waals surface area contributed by atoms with Crippen LogP contribution in [0.15, 0.2) is 45.8 Å². The number of nitrogens with zero attached hydrogens (tertiary/aromatic N) is 1. The number of anilines is 1. The average Bonchev–Trinajstić information content (AvgIpc) is 2.42. The number of hydrogen-bond donors (Lipinski definition) is 1. The minimum Gasteiger partial charge on any atom is -0.493 e. The van der Waals surface area contributed by atoms with Crippen LogP contribution in [-0.2, 0) is 6.54 Å². The summed E-state index contributed by atoms with van der Waals surface area (Å²) >= 11 is 3.08. The molecule has 1 aromatic heterocycles. The Bertz CT molecular complexity index is 658. The van der Waals surface area contributed by atoms with Gasteiger partial charge in [-0.15, -0.1) is 0 Å². The summed E-state index contributed by atoms with van der Waals surface area (Å²) in [5, 5.41) is 0. The molecule has 106 valence electrons. The van der Waals surface area contributed by atoms with E-state index in [-0.39, 0.29) is 11.4 Å². The summed E-state index contributed by atoms with van der Waals surface area (Å²) in [6.45, 7) is 0.894. The van der Waals surface area contributed by atoms with Crippen molar-refractivity contribution in [3.05, 3.63) is 57.2 Å². The highest BCUT2D eigenvalue weighted by Gasteiger charge is 2.02. The Hall–Kier alpha value is -1.82. The first-order chi connectivity index (χ1) is 9.56. The van der Waals surface area contributed by atoms with Crippen LogP contribution in [0, 0.1) is 5.82 Å². The summed E-state index contributed by atoms with van der Waals surface area (Å²) in [5.74, 6) is 0.0974. The smallest absolute Gasteiger partial charge is 0.250 e. The lowest BCUT2D eigenvalue weighted by molar-refractivity contribution is 0.299. The minimum atomic E-state index is -0.366. The summed E-state index contributed by atoms with van der Waals surface area (Å²) in [6, 6.07) is 7.59. The number of benzene rings is 1. The summed E-state index contributed by atoms with van der Waals surface area (Å²) in [6.07, 6.45) is 2.22. The molecule has 0 radical (unpaired) electrons. The largest absolute Gasteiger partial charge is 0.493 e. The van der Waals surface area contributed by atoms with Crippen molar-refractivity contribution in [1.82, 2.24) is 4.57 Å². The second-order valence-electron chi connectivity index (χ2n) is 4.27. The molecular formula is C14H14BrFN2O2. The molecule has 0 amide bonds. The Labute approximate surface area is 124 Å². The lowest BCUT2D eigenvalue weighted by Crippen LogP contribution is -2.20. The van der Waals surface area contributed by atoms with E-state index in [0.717, 1.165) is 0 Å². The van der Waals surface area contributed by atoms with Crippen LogP contribution in [0.5, 0.6) is 5.75 Å². The topological polar surface area (TPSA) is 57.2 Å². The highest BCUT2D eigenvalue weighted by atomic mass is 79.9. The molecule has 1 heterocycles. The van der Waals surface area contributed by atoms with E-state index in [9.17, 15) is 9.18 Å². The lowest BCUT2D eigenvalue weighted by Gasteiger charge is -2.08. The van der Waals surface area contributed by atoms with Gasteiger partial charge in [-0.2, -0.15) is 0 Å². The first kappa shape index (κ1) is 14.6. The minimum absolute atomic E-state index is 0.103. The van der Waals surface area contributed by atoms with Gasteiger partial charge >= 0.3 is 0 Å². The van der Waals surface area contributed by atoms with Crippen LogP contribution in [0.1, 0.15) is 6.42 Å². The maximum atomic E-state index is 13.3. The predicted octanol–water partition coefficient (Wildman–Crippen LogP) is 2.80. The number of halogens is 2. The van der Waals surface area contributed by atoms with Crippen LogP contribution in [0.25, 0.3) is 0 Å². The first-order valence-electron chi connectivity index (χ1n) is 6.10. The molecule has 0 atom stereocenters. The fourth-order valence-corrected chi connectivity index (χ4v) is 1.96. The summed E-state index contributed by atoms with van der Waals surface area (Å²) in [5.41, 5.74) is 6.06. The van der Waals surface area contributed by atoms with Crippen molar-refractivity contribution in [3.8, 4) is 5.75 Å². The summed E-state index contributed by atoms with van der Waals surface area (Å²) in [7, 11) is 0. The van der Waals surface area contributed by atoms with E-state index in [0.29, 0.717) is 35.5 Å². The molecule has 6 heteroatoms. The van der Waals surface area contributed by atoms with Gasteiger partial charge in [0.1, 0.15) is 11.6 Å². The number of hydrogen-bond acceptors (Lipinski definition) is 3. The van der Waals surface area contributed by atoms with E-state index >= 15 is 0 Å². The molecule has 0 aliphatic heterocycles. The molecule has 0 unspecified atom stereocenters. The third-order valence-electron chi connectivity index (χ3n) is 2.71. The first-order valence-corrected chi connectivity index (χ1v) is 6.89. The van der Waals surface area contributed by atoms with E-state index in [1.54, 1.807) is 24.4 Å². The van der Waals surface area contributed by atoms with E-state index < -0.39 is 0 Å². The number of pyridine rings is 1. The molecule has 0 saturated carbocycles. The Morgan fingerprint density at radius 2 is 2.10 bits per heavy atom. The number of aryl methyl sites for hydroxylation is 1. The molecule has 0 saturated heterocycles. The molecule has 0 aliphatic carbocycles. The van der Waals surface area contributed by atoms with Crippen LogP contribution in [0.4, 0.5) is 10.1 Å². The van der Waals surface area contributed by atoms with Gasteiger partial charge in [-0.05, 0) is 40.5 Å². The Balaban J connectivity index is 1.86. The van der Waals surface area contributed by atoms with Gasteiger partial charge < -0.3 is 15.0 Å². The van der Waals surface area contributed by atoms with Gasteiger partial charge in [-0.25, -0.2) is 4.39 Å². The maximum absolute atomic E-state index is 13.3. The van der Waals surface area contributed by atoms with Crippen LogP contribution >= 0.6 is 15.9 Å². The summed E-state index contributed by atoms with van der Waals surface area (Å²) < 4.78 is 20.6. The fraction of sp³-hybridized carbons (Fsp3) is 0.214. The van der Waals surface area contributed by atoms with Crippen LogP contribution in [0.3, 0.4) is 0 Å². The Morgan fingerprint density at radius 3 is 2.85 bits per heavy atom. The third kappa shape index (κ3) is 3.84. The molecule has 2 aromatic rings. The van der Waals surface area contributed by atoms with Crippen molar-refractivity contribution < 1.29 is 9.13 Å². The van der Waals surface area contributed by atoms with Gasteiger partial charge in [-0.1, -0.05) is 0 Å². The highest BCUT2D eigenvalue weighted by molar-refractivity contribution is 9.10. The highest BCUT2D eigenvalue weighted by Crippen LogP contribution is 2.20. The van der Waals surface area contributed by atoms with E-state index in [2.05, 4.69) is 15.9 Å². The van der Waals surface area contributed by atoms with Gasteiger partial charge in [0.25, 0.3) is 5.56 Å². The Morgan fingerprint density at radius 1 is 1.30 bits per heavy atom. The van der Waals surface area contributed by atoms with Crippen LogP contribution in [0.2, 0.25) is 0 Å². The van der Waals surface area contributed by atoms with Crippen molar-refractivity contribution in [1.29, 1.82) is 0 Å². The molecule has 4 nitrogen and oxygen atoms in total. The molecule has 0 spiro atoms. The molecule has 0 fully saturated rings. The van der Waals surface area contributed by atoms with Gasteiger partial charge in [0, 0.05) is 30.6 Å². The van der Waals surface area contributed by atoms with Gasteiger partial charge in [0.15, 0.2) is 0 Å². The SMILES string of the molecule is Nc1ccc(=O)n(CCCOc2ccc(Br)c(F)c2)c1. The van der Waals surface area contributed by atoms with Gasteiger partial charge in [0.2, 0.25) is 0 Å². The number of ether oxygens (including phenoxy) is 1. The van der Waals surface area contributed by atoms with Crippen molar-refractivity contribution in [2.24, 2.45) is 0 Å². The maximum Gasteiger partial charge on any atom is 0.250 e. The lowest BCUT2D eigenvalue weighted by atomic mass is 10.3. The Kier molecular flexibility index (Phi) is 4.79. The number of rotatable bonds is 5. The number of nitrogens with two attached hydrogens (primary N) is 1. The molecule has 2 rings (SSSR count). The molecule has 0 bridgehead atoms. The number of aromatic nitrogens is 1. The van der Waals surface area contributed by atoms with Gasteiger partial charge in [-0.3, -0.25) is 4.79 Å². The molecule has 20 heavy (non-hydrogen) atoms. The van der Waals surface area contributed by atoms with Crippen LogP contribution < -0.4 is 16.0 Å². The quantitative estimate of drug-likeness (QED) is 0.851. The molecule has 2 N–H and O–H groups in total. The van der Waals surface area contributed by atoms with E-state index in [4.69, 9.17) is 10.5 Å². The molecule has 1 aromatic carbocycles. The number of nitrogen functional groups attached to an aromatic ring is 1. The van der Waals surface area contributed by atoms with Crippen molar-refractivity contribution in [3.63, 3.8) is 0 Å².